The molecule has 0 saturated carbocycles. The van der Waals surface area contributed by atoms with E-state index in [1.165, 1.54) is 4.90 Å². The molecule has 1 fully saturated rings. The molecule has 1 aliphatic rings. The number of nitrogens with one attached hydrogen (secondary N) is 1. The predicted octanol–water partition coefficient (Wildman–Crippen LogP) is 2.26. The first-order chi connectivity index (χ1) is 12.4. The number of nitrogens with zero attached hydrogens (tertiary/aromatic N) is 1. The van der Waals surface area contributed by atoms with Crippen LogP contribution in [0.2, 0.25) is 0 Å². The molecule has 1 unspecified atom stereocenters. The number of thiol groups is 1. The maximum atomic E-state index is 13.0. The lowest BCUT2D eigenvalue weighted by Crippen LogP contribution is -2.54. The second kappa shape index (κ2) is 9.07. The van der Waals surface area contributed by atoms with Crippen LogP contribution in [0, 0.1) is 5.92 Å². The number of hydrogen-bond donors (Lipinski definition) is 3. The summed E-state index contributed by atoms with van der Waals surface area (Å²) in [5.41, 5.74) is 0.744. The molecule has 2 rings (SSSR count). The Morgan fingerprint density at radius 2 is 1.96 bits per heavy atom. The number of carbonyl (C=O) groups excluding carboxylic acids is 2. The Hall–Kier alpha value is -2.02. The van der Waals surface area contributed by atoms with Crippen molar-refractivity contribution in [2.24, 2.45) is 5.92 Å². The number of likely N-dealkylation sites (tertiary alicyclic amines) is 1. The topological polar surface area (TPSA) is 86.7 Å². The van der Waals surface area contributed by atoms with Gasteiger partial charge in [-0.25, -0.2) is 4.79 Å². The maximum Gasteiger partial charge on any atom is 0.326 e. The molecule has 1 heterocycles. The summed E-state index contributed by atoms with van der Waals surface area (Å²) in [6.45, 7) is 4.22. The van der Waals surface area contributed by atoms with Crippen molar-refractivity contribution in [1.29, 1.82) is 0 Å². The van der Waals surface area contributed by atoms with Crippen LogP contribution in [0.4, 0.5) is 0 Å². The molecule has 0 bridgehead atoms. The second-order valence-electron chi connectivity index (χ2n) is 6.71. The van der Waals surface area contributed by atoms with Gasteiger partial charge in [0.15, 0.2) is 0 Å². The third kappa shape index (κ3) is 4.58. The van der Waals surface area contributed by atoms with Gasteiger partial charge in [0.05, 0.1) is 0 Å². The van der Waals surface area contributed by atoms with Gasteiger partial charge in [0, 0.05) is 6.54 Å². The maximum absolute atomic E-state index is 13.0. The molecule has 1 aromatic carbocycles. The number of carboxylic acids is 1. The summed E-state index contributed by atoms with van der Waals surface area (Å²) in [7, 11) is 0. The molecule has 0 aromatic heterocycles. The molecule has 7 heteroatoms. The molecule has 1 saturated heterocycles. The van der Waals surface area contributed by atoms with E-state index in [1.54, 1.807) is 12.1 Å². The summed E-state index contributed by atoms with van der Waals surface area (Å²) < 4.78 is 0. The smallest absolute Gasteiger partial charge is 0.326 e. The van der Waals surface area contributed by atoms with Gasteiger partial charge in [-0.2, -0.15) is 12.6 Å². The third-order valence-corrected chi connectivity index (χ3v) is 5.49. The second-order valence-corrected chi connectivity index (χ2v) is 7.23. The van der Waals surface area contributed by atoms with Crippen LogP contribution in [0.25, 0.3) is 0 Å². The zero-order valence-electron chi connectivity index (χ0n) is 15.1. The van der Waals surface area contributed by atoms with E-state index in [0.717, 1.165) is 5.56 Å². The van der Waals surface area contributed by atoms with Gasteiger partial charge in [-0.3, -0.25) is 9.59 Å². The Balaban J connectivity index is 2.15. The fourth-order valence-electron chi connectivity index (χ4n) is 3.17. The number of carboxylic acid groups (broad SMARTS) is 1. The number of carbonyl (C=O) groups is 3. The van der Waals surface area contributed by atoms with Crippen LogP contribution in [0.5, 0.6) is 0 Å². The van der Waals surface area contributed by atoms with E-state index in [4.69, 9.17) is 0 Å². The fourth-order valence-corrected chi connectivity index (χ4v) is 3.41. The van der Waals surface area contributed by atoms with Gasteiger partial charge in [0.1, 0.15) is 17.3 Å². The Labute approximate surface area is 159 Å². The van der Waals surface area contributed by atoms with Crippen molar-refractivity contribution in [1.82, 2.24) is 10.2 Å². The Bertz CT molecular complexity index is 652. The van der Waals surface area contributed by atoms with Crippen LogP contribution in [0.3, 0.4) is 0 Å². The molecular weight excluding hydrogens is 352 g/mol. The molecule has 2 N–H and O–H groups in total. The molecule has 26 heavy (non-hydrogen) atoms. The van der Waals surface area contributed by atoms with Crippen molar-refractivity contribution in [3.63, 3.8) is 0 Å². The summed E-state index contributed by atoms with van der Waals surface area (Å²) in [4.78, 5) is 38.4. The van der Waals surface area contributed by atoms with E-state index < -0.39 is 23.3 Å². The highest BCUT2D eigenvalue weighted by Gasteiger charge is 2.39. The molecular formula is C19H26N2O4S. The highest BCUT2D eigenvalue weighted by Crippen LogP contribution is 2.24. The minimum absolute atomic E-state index is 0.113. The third-order valence-electron chi connectivity index (χ3n) is 4.96. The number of benzene rings is 1. The van der Waals surface area contributed by atoms with Crippen molar-refractivity contribution >= 4 is 30.4 Å². The summed E-state index contributed by atoms with van der Waals surface area (Å²) in [5.74, 6) is -1.80. The first kappa shape index (κ1) is 20.3. The van der Waals surface area contributed by atoms with E-state index in [9.17, 15) is 19.5 Å². The van der Waals surface area contributed by atoms with Crippen molar-refractivity contribution in [3.05, 3.63) is 35.9 Å². The van der Waals surface area contributed by atoms with Gasteiger partial charge in [0.2, 0.25) is 11.8 Å². The normalized spacial score (nSPS) is 20.3. The van der Waals surface area contributed by atoms with Gasteiger partial charge >= 0.3 is 5.97 Å². The van der Waals surface area contributed by atoms with Gasteiger partial charge in [-0.15, -0.1) is 0 Å². The van der Waals surface area contributed by atoms with E-state index >= 15 is 0 Å². The zero-order chi connectivity index (χ0) is 19.3. The van der Waals surface area contributed by atoms with E-state index in [1.807, 2.05) is 32.0 Å². The average molecular weight is 378 g/mol. The lowest BCUT2D eigenvalue weighted by atomic mass is 9.97. The molecule has 0 aliphatic carbocycles. The Morgan fingerprint density at radius 1 is 1.31 bits per heavy atom. The van der Waals surface area contributed by atoms with Crippen LogP contribution in [-0.2, 0) is 14.4 Å². The zero-order valence-corrected chi connectivity index (χ0v) is 16.0. The lowest BCUT2D eigenvalue weighted by molar-refractivity contribution is -0.150. The Kier molecular flexibility index (Phi) is 7.08. The van der Waals surface area contributed by atoms with Gasteiger partial charge in [-0.1, -0.05) is 50.6 Å². The standard InChI is InChI=1S/C19H26N2O4S/c1-3-12(2)15(18(23)21-11-7-10-14(21)19(24)25)20-17(22)16(26)13-8-5-4-6-9-13/h4-6,8-9,12,14-16,26H,3,7,10-11H2,1-2H3,(H,20,22)(H,24,25)/t12-,14?,15+,16+/m1/s1. The summed E-state index contributed by atoms with van der Waals surface area (Å²) >= 11 is 4.38. The minimum atomic E-state index is -0.999. The lowest BCUT2D eigenvalue weighted by Gasteiger charge is -2.31. The highest BCUT2D eigenvalue weighted by molar-refractivity contribution is 7.81. The van der Waals surface area contributed by atoms with Gasteiger partial charge in [0.25, 0.3) is 0 Å². The number of aliphatic carboxylic acids is 1. The molecule has 0 spiro atoms. The molecule has 6 nitrogen and oxygen atoms in total. The molecule has 1 aliphatic heterocycles. The first-order valence-electron chi connectivity index (χ1n) is 8.93. The van der Waals surface area contributed by atoms with Crippen LogP contribution in [0.15, 0.2) is 30.3 Å². The predicted molar refractivity (Wildman–Crippen MR) is 102 cm³/mol. The molecule has 1 aromatic rings. The average Bonchev–Trinajstić information content (AvgIpc) is 3.15. The van der Waals surface area contributed by atoms with E-state index in [-0.39, 0.29) is 17.7 Å². The highest BCUT2D eigenvalue weighted by atomic mass is 32.1. The van der Waals surface area contributed by atoms with Crippen LogP contribution >= 0.6 is 12.6 Å². The van der Waals surface area contributed by atoms with E-state index in [0.29, 0.717) is 25.8 Å². The molecule has 2 amide bonds. The van der Waals surface area contributed by atoms with Crippen LogP contribution in [0.1, 0.15) is 43.9 Å². The molecule has 142 valence electrons. The summed E-state index contributed by atoms with van der Waals surface area (Å²) in [5, 5.41) is 11.4. The SMILES string of the molecule is CC[C@@H](C)[C@H](NC(=O)[C@@H](S)c1ccccc1)C(=O)N1CCCC1C(=O)O. The van der Waals surface area contributed by atoms with Crippen LogP contribution in [-0.4, -0.2) is 46.4 Å². The van der Waals surface area contributed by atoms with Crippen molar-refractivity contribution in [2.75, 3.05) is 6.54 Å². The largest absolute Gasteiger partial charge is 0.480 e. The molecule has 0 radical (unpaired) electrons. The van der Waals surface area contributed by atoms with Crippen molar-refractivity contribution in [2.45, 2.75) is 50.4 Å². The number of rotatable bonds is 7. The fraction of sp³-hybridized carbons (Fsp3) is 0.526. The van der Waals surface area contributed by atoms with Gasteiger partial charge in [-0.05, 0) is 24.3 Å². The van der Waals surface area contributed by atoms with Crippen LogP contribution < -0.4 is 5.32 Å². The minimum Gasteiger partial charge on any atom is -0.480 e. The molecule has 4 atom stereocenters. The first-order valence-corrected chi connectivity index (χ1v) is 9.45. The number of hydrogen-bond acceptors (Lipinski definition) is 4. The van der Waals surface area contributed by atoms with E-state index in [2.05, 4.69) is 17.9 Å². The quantitative estimate of drug-likeness (QED) is 0.635. The van der Waals surface area contributed by atoms with Crippen molar-refractivity contribution < 1.29 is 19.5 Å². The summed E-state index contributed by atoms with van der Waals surface area (Å²) in [6.07, 6.45) is 1.79. The summed E-state index contributed by atoms with van der Waals surface area (Å²) in [6, 6.07) is 7.54. The van der Waals surface area contributed by atoms with Gasteiger partial charge < -0.3 is 15.3 Å². The van der Waals surface area contributed by atoms with Crippen molar-refractivity contribution in [3.8, 4) is 0 Å². The monoisotopic (exact) mass is 378 g/mol. The number of amides is 2. The Morgan fingerprint density at radius 3 is 2.54 bits per heavy atom.